The highest BCUT2D eigenvalue weighted by Crippen LogP contribution is 2.25. The summed E-state index contributed by atoms with van der Waals surface area (Å²) in [6.07, 6.45) is 0. The lowest BCUT2D eigenvalue weighted by atomic mass is 10.1. The van der Waals surface area contributed by atoms with Crippen molar-refractivity contribution in [3.63, 3.8) is 0 Å². The number of carbonyl (C=O) groups excluding carboxylic acids is 1. The average molecular weight is 367 g/mol. The number of carbonyl (C=O) groups is 1. The molecule has 25 heavy (non-hydrogen) atoms. The maximum absolute atomic E-state index is 13.8. The van der Waals surface area contributed by atoms with E-state index in [1.165, 1.54) is 19.1 Å². The second kappa shape index (κ2) is 8.34. The molecule has 0 saturated carbocycles. The molecule has 0 aliphatic heterocycles. The molecule has 2 rings (SSSR count). The molecule has 0 radical (unpaired) electrons. The molecule has 1 N–H and O–H groups in total. The van der Waals surface area contributed by atoms with Crippen molar-refractivity contribution < 1.29 is 23.4 Å². The van der Waals surface area contributed by atoms with E-state index < -0.39 is 34.6 Å². The summed E-state index contributed by atoms with van der Waals surface area (Å²) < 4.78 is 32.4. The van der Waals surface area contributed by atoms with Crippen LogP contribution in [0.4, 0.5) is 14.5 Å². The van der Waals surface area contributed by atoms with Gasteiger partial charge in [-0.05, 0) is 43.3 Å². The van der Waals surface area contributed by atoms with Gasteiger partial charge in [0.1, 0.15) is 11.6 Å². The zero-order chi connectivity index (χ0) is 18.4. The highest BCUT2D eigenvalue weighted by Gasteiger charge is 2.23. The normalized spacial score (nSPS) is 12.2. The number of rotatable bonds is 5. The molecule has 2 aromatic rings. The van der Waals surface area contributed by atoms with Gasteiger partial charge in [-0.25, -0.2) is 13.6 Å². The third-order valence-electron chi connectivity index (χ3n) is 2.98. The molecule has 0 spiro atoms. The largest absolute Gasteiger partial charge is 0.505 e. The van der Waals surface area contributed by atoms with Gasteiger partial charge < -0.3 is 9.84 Å². The van der Waals surface area contributed by atoms with Crippen LogP contribution in [-0.4, -0.2) is 17.7 Å². The summed E-state index contributed by atoms with van der Waals surface area (Å²) >= 11 is 5.75. The van der Waals surface area contributed by atoms with E-state index in [-0.39, 0.29) is 6.61 Å². The predicted octanol–water partition coefficient (Wildman–Crippen LogP) is 5.19. The van der Waals surface area contributed by atoms with E-state index in [2.05, 4.69) is 10.2 Å². The molecule has 8 heteroatoms. The van der Waals surface area contributed by atoms with E-state index in [1.54, 1.807) is 12.1 Å². The summed E-state index contributed by atoms with van der Waals surface area (Å²) in [7, 11) is 0. The Labute approximate surface area is 147 Å². The van der Waals surface area contributed by atoms with Crippen LogP contribution >= 0.6 is 11.6 Å². The lowest BCUT2D eigenvalue weighted by molar-refractivity contribution is -0.138. The monoisotopic (exact) mass is 366 g/mol. The Morgan fingerprint density at radius 1 is 1.16 bits per heavy atom. The summed E-state index contributed by atoms with van der Waals surface area (Å²) in [6.45, 7) is 1.51. The molecule has 0 unspecified atom stereocenters. The van der Waals surface area contributed by atoms with Crippen molar-refractivity contribution >= 4 is 29.0 Å². The van der Waals surface area contributed by atoms with Crippen LogP contribution in [0.3, 0.4) is 0 Å². The van der Waals surface area contributed by atoms with E-state index in [0.29, 0.717) is 10.7 Å². The number of nitrogens with zero attached hydrogens (tertiary/aromatic N) is 2. The molecule has 130 valence electrons. The number of esters is 1. The molecule has 5 nitrogen and oxygen atoms in total. The van der Waals surface area contributed by atoms with Gasteiger partial charge in [-0.1, -0.05) is 17.7 Å². The minimum absolute atomic E-state index is 0.0220. The standard InChI is InChI=1S/C17H13ClF2N2O3/c1-2-25-17(24)15(22-21-11-8-6-10(18)7-9-11)16(23)14-12(19)4-3-5-13(14)20/h3-9,23H,2H2,1H3. The fraction of sp³-hybridized carbons (Fsp3) is 0.118. The highest BCUT2D eigenvalue weighted by molar-refractivity contribution is 6.30. The van der Waals surface area contributed by atoms with Crippen molar-refractivity contribution in [2.24, 2.45) is 10.2 Å². The molecule has 0 saturated heterocycles. The summed E-state index contributed by atoms with van der Waals surface area (Å²) in [4.78, 5) is 12.0. The molecule has 0 aliphatic rings. The summed E-state index contributed by atoms with van der Waals surface area (Å²) in [5.41, 5.74) is -1.20. The van der Waals surface area contributed by atoms with Crippen LogP contribution in [0, 0.1) is 11.6 Å². The van der Waals surface area contributed by atoms with E-state index in [0.717, 1.165) is 18.2 Å². The summed E-state index contributed by atoms with van der Waals surface area (Å²) in [5.74, 6) is -4.19. The Kier molecular flexibility index (Phi) is 6.19. The van der Waals surface area contributed by atoms with Crippen LogP contribution in [0.1, 0.15) is 12.5 Å². The van der Waals surface area contributed by atoms with Crippen molar-refractivity contribution in [3.05, 3.63) is 70.4 Å². The fourth-order valence-electron chi connectivity index (χ4n) is 1.84. The van der Waals surface area contributed by atoms with E-state index in [1.807, 2.05) is 0 Å². The first-order valence-corrected chi connectivity index (χ1v) is 7.54. The second-order valence-corrected chi connectivity index (χ2v) is 5.13. The number of azo groups is 1. The van der Waals surface area contributed by atoms with Crippen LogP contribution in [-0.2, 0) is 9.53 Å². The van der Waals surface area contributed by atoms with Gasteiger partial charge in [-0.2, -0.15) is 5.11 Å². The fourth-order valence-corrected chi connectivity index (χ4v) is 1.97. The second-order valence-electron chi connectivity index (χ2n) is 4.69. The number of ether oxygens (including phenoxy) is 1. The Balaban J connectivity index is 2.51. The van der Waals surface area contributed by atoms with Crippen LogP contribution < -0.4 is 0 Å². The molecule has 0 atom stereocenters. The molecular weight excluding hydrogens is 354 g/mol. The lowest BCUT2D eigenvalue weighted by Gasteiger charge is -2.07. The Hall–Kier alpha value is -2.80. The Bertz CT molecular complexity index is 816. The van der Waals surface area contributed by atoms with Crippen molar-refractivity contribution in [2.75, 3.05) is 6.61 Å². The number of aliphatic hydroxyl groups excluding tert-OH is 1. The van der Waals surface area contributed by atoms with Crippen molar-refractivity contribution in [3.8, 4) is 0 Å². The molecule has 0 aromatic heterocycles. The van der Waals surface area contributed by atoms with Crippen molar-refractivity contribution in [1.82, 2.24) is 0 Å². The molecule has 2 aromatic carbocycles. The van der Waals surface area contributed by atoms with Gasteiger partial charge in [0.15, 0.2) is 5.76 Å². The van der Waals surface area contributed by atoms with Crippen molar-refractivity contribution in [2.45, 2.75) is 6.92 Å². The van der Waals surface area contributed by atoms with E-state index >= 15 is 0 Å². The number of hydrogen-bond acceptors (Lipinski definition) is 5. The third-order valence-corrected chi connectivity index (χ3v) is 3.24. The molecule has 0 heterocycles. The highest BCUT2D eigenvalue weighted by atomic mass is 35.5. The van der Waals surface area contributed by atoms with E-state index in [4.69, 9.17) is 16.3 Å². The minimum Gasteiger partial charge on any atom is -0.505 e. The van der Waals surface area contributed by atoms with E-state index in [9.17, 15) is 18.7 Å². The third kappa shape index (κ3) is 4.60. The van der Waals surface area contributed by atoms with Crippen LogP contribution in [0.2, 0.25) is 5.02 Å². The van der Waals surface area contributed by atoms with Gasteiger partial charge >= 0.3 is 5.97 Å². The predicted molar refractivity (Wildman–Crippen MR) is 88.5 cm³/mol. The maximum atomic E-state index is 13.8. The number of aliphatic hydroxyl groups is 1. The Morgan fingerprint density at radius 3 is 2.32 bits per heavy atom. The van der Waals surface area contributed by atoms with Gasteiger partial charge in [0.25, 0.3) is 0 Å². The van der Waals surface area contributed by atoms with Crippen LogP contribution in [0.15, 0.2) is 58.4 Å². The van der Waals surface area contributed by atoms with Gasteiger partial charge in [0, 0.05) is 5.02 Å². The first-order chi connectivity index (χ1) is 11.9. The average Bonchev–Trinajstić information content (AvgIpc) is 2.57. The van der Waals surface area contributed by atoms with Gasteiger partial charge in [0.05, 0.1) is 17.9 Å². The SMILES string of the molecule is CCOC(=O)C(N=Nc1ccc(Cl)cc1)=C(O)c1c(F)cccc1F. The molecular formula is C17H13ClF2N2O3. The van der Waals surface area contributed by atoms with Gasteiger partial charge in [-0.3, -0.25) is 0 Å². The molecule has 0 fully saturated rings. The summed E-state index contributed by atoms with van der Waals surface area (Å²) in [5, 5.41) is 18.0. The topological polar surface area (TPSA) is 71.2 Å². The first-order valence-electron chi connectivity index (χ1n) is 7.16. The van der Waals surface area contributed by atoms with Gasteiger partial charge in [0.2, 0.25) is 5.70 Å². The number of halogens is 3. The summed E-state index contributed by atoms with van der Waals surface area (Å²) in [6, 6.07) is 9.10. The smallest absolute Gasteiger partial charge is 0.362 e. The first kappa shape index (κ1) is 18.5. The maximum Gasteiger partial charge on any atom is 0.362 e. The zero-order valence-corrected chi connectivity index (χ0v) is 13.8. The molecule has 0 bridgehead atoms. The van der Waals surface area contributed by atoms with Crippen LogP contribution in [0.5, 0.6) is 0 Å². The molecule has 0 amide bonds. The van der Waals surface area contributed by atoms with Gasteiger partial charge in [-0.15, -0.1) is 5.11 Å². The molecule has 0 aliphatic carbocycles. The zero-order valence-electron chi connectivity index (χ0n) is 13.0. The quantitative estimate of drug-likeness (QED) is 0.342. The minimum atomic E-state index is -1.07. The Morgan fingerprint density at radius 2 is 1.76 bits per heavy atom. The van der Waals surface area contributed by atoms with Crippen LogP contribution in [0.25, 0.3) is 5.76 Å². The number of benzene rings is 2. The lowest BCUT2D eigenvalue weighted by Crippen LogP contribution is -2.09. The number of hydrogen-bond donors (Lipinski definition) is 1. The van der Waals surface area contributed by atoms with Crippen molar-refractivity contribution in [1.29, 1.82) is 0 Å².